The minimum Gasteiger partial charge on any atom is -0.459 e. The molecule has 16 nitrogen and oxygen atoms in total. The molecule has 0 saturated carbocycles. The Morgan fingerprint density at radius 1 is 1.08 bits per heavy atom. The van der Waals surface area contributed by atoms with Gasteiger partial charge in [0.15, 0.2) is 6.29 Å². The normalized spacial score (nSPS) is 32.4. The summed E-state index contributed by atoms with van der Waals surface area (Å²) in [6, 6.07) is 15.1. The number of amides is 1. The van der Waals surface area contributed by atoms with E-state index in [1.54, 1.807) is 30.5 Å². The van der Waals surface area contributed by atoms with E-state index in [1.165, 1.54) is 0 Å². The minimum atomic E-state index is -1.76. The number of likely N-dealkylation sites (N-methyl/N-ethyl adjacent to an activating group) is 1. The number of aryl methyl sites for hydroxylation is 1. The number of rotatable bonds is 15. The number of ketones is 1. The van der Waals surface area contributed by atoms with Gasteiger partial charge in [-0.3, -0.25) is 19.1 Å². The second kappa shape index (κ2) is 22.7. The molecule has 2 fully saturated rings. The summed E-state index contributed by atoms with van der Waals surface area (Å²) in [5.74, 6) is -2.59. The second-order valence-corrected chi connectivity index (χ2v) is 18.7. The van der Waals surface area contributed by atoms with Crippen molar-refractivity contribution in [1.82, 2.24) is 30.1 Å². The Morgan fingerprint density at radius 3 is 2.47 bits per heavy atom. The standard InChI is InChI=1S/C48H73N7O9/c1-10-41-48(6,60)44(54(30-56)21-14-15-22-55-29-38(51-52-55)35-19-16-20-36(49)25-35)33(4)50-28-31(2)27-47(5,61-9)42(64-46-43(58)39(53(7)8)23-32(3)62-46)26-40(57)37(45(59)63-41)24-34-17-12-11-13-18-34/h11-13,16-20,25,29-33,37,39,41-44,46,50,58,60H,10,14-15,21-24,26-28,49H2,1-9H3/t31-,32-,33-,37-,39?,41-,42-,43?,44-,46+,47-,48-/m1/s1. The molecule has 2 unspecified atom stereocenters. The van der Waals surface area contributed by atoms with E-state index in [9.17, 15) is 24.6 Å². The quantitative estimate of drug-likeness (QED) is 0.0554. The molecule has 5 rings (SSSR count). The first-order valence-electron chi connectivity index (χ1n) is 22.8. The number of cyclic esters (lactones) is 1. The highest BCUT2D eigenvalue weighted by atomic mass is 16.7. The lowest BCUT2D eigenvalue weighted by Gasteiger charge is -2.46. The highest BCUT2D eigenvalue weighted by Gasteiger charge is 2.50. The maximum Gasteiger partial charge on any atom is 0.317 e. The molecule has 1 aromatic heterocycles. The summed E-state index contributed by atoms with van der Waals surface area (Å²) in [5, 5.41) is 36.4. The number of anilines is 1. The summed E-state index contributed by atoms with van der Waals surface area (Å²) in [6.07, 6.45) is 0.449. The first-order chi connectivity index (χ1) is 30.4. The number of carbonyl (C=O) groups excluding carboxylic acids is 3. The van der Waals surface area contributed by atoms with Crippen LogP contribution >= 0.6 is 0 Å². The number of aliphatic hydroxyl groups excluding tert-OH is 1. The average Bonchev–Trinajstić information content (AvgIpc) is 3.74. The number of benzene rings is 2. The Bertz CT molecular complexity index is 1950. The zero-order chi connectivity index (χ0) is 46.8. The molecular weight excluding hydrogens is 819 g/mol. The van der Waals surface area contributed by atoms with Crippen LogP contribution < -0.4 is 11.1 Å². The average molecular weight is 892 g/mol. The van der Waals surface area contributed by atoms with Gasteiger partial charge in [-0.05, 0) is 110 Å². The van der Waals surface area contributed by atoms with Crippen molar-refractivity contribution >= 4 is 23.9 Å². The van der Waals surface area contributed by atoms with Gasteiger partial charge in [-0.25, -0.2) is 0 Å². The molecule has 2 aromatic carbocycles. The molecule has 354 valence electrons. The van der Waals surface area contributed by atoms with Crippen LogP contribution in [0.25, 0.3) is 11.3 Å². The van der Waals surface area contributed by atoms with Crippen molar-refractivity contribution in [1.29, 1.82) is 0 Å². The molecule has 16 heteroatoms. The van der Waals surface area contributed by atoms with Gasteiger partial charge in [0.1, 0.15) is 35.2 Å². The Kier molecular flexibility index (Phi) is 18.0. The van der Waals surface area contributed by atoms with E-state index in [2.05, 4.69) is 22.6 Å². The van der Waals surface area contributed by atoms with Crippen LogP contribution in [0.4, 0.5) is 5.69 Å². The van der Waals surface area contributed by atoms with Crippen LogP contribution in [0.3, 0.4) is 0 Å². The number of nitrogens with one attached hydrogen (secondary N) is 1. The number of methoxy groups -OCH3 is 1. The fraction of sp³-hybridized carbons (Fsp3) is 0.646. The number of carbonyl (C=O) groups is 3. The highest BCUT2D eigenvalue weighted by Crippen LogP contribution is 2.35. The van der Waals surface area contributed by atoms with Crippen molar-refractivity contribution in [2.45, 2.75) is 153 Å². The fourth-order valence-corrected chi connectivity index (χ4v) is 9.56. The number of aromatic nitrogens is 3. The lowest BCUT2D eigenvalue weighted by molar-refractivity contribution is -0.289. The molecule has 0 spiro atoms. The number of Topliss-reactive ketones (excluding diaryl/α,β-unsaturated/α-hetero) is 1. The minimum absolute atomic E-state index is 0.0424. The Morgan fingerprint density at radius 2 is 1.81 bits per heavy atom. The summed E-state index contributed by atoms with van der Waals surface area (Å²) in [6.45, 7) is 12.5. The predicted molar refractivity (Wildman–Crippen MR) is 244 cm³/mol. The molecule has 12 atom stereocenters. The van der Waals surface area contributed by atoms with Gasteiger partial charge in [-0.1, -0.05) is 61.5 Å². The first-order valence-corrected chi connectivity index (χ1v) is 22.8. The van der Waals surface area contributed by atoms with Crippen molar-refractivity contribution in [2.24, 2.45) is 11.8 Å². The zero-order valence-electron chi connectivity index (χ0n) is 39.3. The number of nitrogens with zero attached hydrogens (tertiary/aromatic N) is 5. The number of aliphatic hydroxyl groups is 2. The summed E-state index contributed by atoms with van der Waals surface area (Å²) in [5.41, 5.74) is 6.07. The van der Waals surface area contributed by atoms with Gasteiger partial charge < -0.3 is 50.0 Å². The van der Waals surface area contributed by atoms with Crippen molar-refractivity contribution in [3.63, 3.8) is 0 Å². The van der Waals surface area contributed by atoms with Gasteiger partial charge in [0.05, 0.1) is 30.0 Å². The predicted octanol–water partition coefficient (Wildman–Crippen LogP) is 4.26. The summed E-state index contributed by atoms with van der Waals surface area (Å²) in [7, 11) is 5.36. The van der Waals surface area contributed by atoms with Crippen LogP contribution in [-0.4, -0.2) is 147 Å². The van der Waals surface area contributed by atoms with Crippen molar-refractivity contribution < 1.29 is 43.5 Å². The van der Waals surface area contributed by atoms with E-state index in [0.717, 1.165) is 17.5 Å². The second-order valence-electron chi connectivity index (χ2n) is 18.7. The van der Waals surface area contributed by atoms with Crippen LogP contribution in [-0.2, 0) is 46.3 Å². The van der Waals surface area contributed by atoms with E-state index in [1.807, 2.05) is 101 Å². The molecular formula is C48H73N7O9. The molecule has 2 saturated heterocycles. The van der Waals surface area contributed by atoms with Crippen LogP contribution in [0.15, 0.2) is 60.8 Å². The number of hydrogen-bond donors (Lipinski definition) is 4. The SMILES string of the molecule is CC[C@H]1OC(=O)[C@H](Cc2ccccc2)C(=O)C[C@@H](O[C@@H]2O[C@H](C)CC(N(C)C)C2O)[C@](C)(OC)C[C@@H](C)CN[C@H](C)[C@@H](N(C=O)CCCCn2cc(-c3cccc(N)c3)nn2)[C@]1(C)O. The third-order valence-electron chi connectivity index (χ3n) is 13.2. The molecule has 2 aliphatic heterocycles. The first kappa shape index (κ1) is 50.7. The molecule has 5 N–H and O–H groups in total. The third-order valence-corrected chi connectivity index (χ3v) is 13.2. The highest BCUT2D eigenvalue weighted by molar-refractivity contribution is 5.99. The topological polar surface area (TPSA) is 204 Å². The maximum atomic E-state index is 14.8. The monoisotopic (exact) mass is 892 g/mol. The van der Waals surface area contributed by atoms with Gasteiger partial charge in [-0.15, -0.1) is 5.10 Å². The Hall–Kier alpha value is -4.29. The van der Waals surface area contributed by atoms with E-state index in [0.29, 0.717) is 56.7 Å². The number of unbranched alkanes of at least 4 members (excludes halogenated alkanes) is 1. The molecule has 0 aliphatic carbocycles. The van der Waals surface area contributed by atoms with Crippen LogP contribution in [0.2, 0.25) is 0 Å². The smallest absolute Gasteiger partial charge is 0.317 e. The van der Waals surface area contributed by atoms with E-state index in [4.69, 9.17) is 24.7 Å². The number of esters is 1. The summed E-state index contributed by atoms with van der Waals surface area (Å²) >= 11 is 0. The fourth-order valence-electron chi connectivity index (χ4n) is 9.56. The molecule has 3 heterocycles. The van der Waals surface area contributed by atoms with E-state index in [-0.39, 0.29) is 37.3 Å². The van der Waals surface area contributed by atoms with Gasteiger partial charge >= 0.3 is 5.97 Å². The van der Waals surface area contributed by atoms with Crippen LogP contribution in [0, 0.1) is 11.8 Å². The van der Waals surface area contributed by atoms with Gasteiger partial charge in [0.25, 0.3) is 0 Å². The number of nitrogen functional groups attached to an aromatic ring is 1. The number of hydrogen-bond acceptors (Lipinski definition) is 14. The van der Waals surface area contributed by atoms with Crippen molar-refractivity contribution in [3.8, 4) is 11.3 Å². The summed E-state index contributed by atoms with van der Waals surface area (Å²) in [4.78, 5) is 46.0. The number of ether oxygens (including phenoxy) is 4. The van der Waals surface area contributed by atoms with Gasteiger partial charge in [0.2, 0.25) is 6.41 Å². The largest absolute Gasteiger partial charge is 0.459 e. The molecule has 3 aromatic rings. The van der Waals surface area contributed by atoms with Crippen LogP contribution in [0.1, 0.15) is 85.6 Å². The molecule has 0 radical (unpaired) electrons. The Labute approximate surface area is 379 Å². The zero-order valence-corrected chi connectivity index (χ0v) is 39.3. The van der Waals surface area contributed by atoms with Crippen molar-refractivity contribution in [2.75, 3.05) is 40.0 Å². The number of nitrogens with two attached hydrogens (primary N) is 1. The summed E-state index contributed by atoms with van der Waals surface area (Å²) < 4.78 is 27.2. The molecule has 0 bridgehead atoms. The molecule has 1 amide bonds. The lowest BCUT2D eigenvalue weighted by atomic mass is 9.82. The molecule has 64 heavy (non-hydrogen) atoms. The van der Waals surface area contributed by atoms with Crippen LogP contribution in [0.5, 0.6) is 0 Å². The van der Waals surface area contributed by atoms with E-state index >= 15 is 0 Å². The molecule has 2 aliphatic rings. The van der Waals surface area contributed by atoms with Gasteiger partial charge in [-0.2, -0.15) is 0 Å². The van der Waals surface area contributed by atoms with Gasteiger partial charge in [0, 0.05) is 50.0 Å². The lowest BCUT2D eigenvalue weighted by Crippen LogP contribution is -2.65. The van der Waals surface area contributed by atoms with Crippen molar-refractivity contribution in [3.05, 3.63) is 66.4 Å². The third kappa shape index (κ3) is 12.7. The van der Waals surface area contributed by atoms with E-state index < -0.39 is 65.6 Å². The maximum absolute atomic E-state index is 14.8. The Balaban J connectivity index is 1.44.